The van der Waals surface area contributed by atoms with Crippen LogP contribution in [-0.4, -0.2) is 50.4 Å². The average Bonchev–Trinajstić information content (AvgIpc) is 2.78. The van der Waals surface area contributed by atoms with Gasteiger partial charge in [-0.2, -0.15) is 0 Å². The summed E-state index contributed by atoms with van der Waals surface area (Å²) in [6.45, 7) is 1.42. The Balaban J connectivity index is 1.44. The molecule has 2 amide bonds. The molecule has 2 aliphatic heterocycles. The summed E-state index contributed by atoms with van der Waals surface area (Å²) in [7, 11) is -3.21. The highest BCUT2D eigenvalue weighted by Gasteiger charge is 2.29. The summed E-state index contributed by atoms with van der Waals surface area (Å²) < 4.78 is 24.7. The van der Waals surface area contributed by atoms with Gasteiger partial charge in [0.1, 0.15) is 0 Å². The minimum absolute atomic E-state index is 0.0176. The summed E-state index contributed by atoms with van der Waals surface area (Å²) in [5.74, 6) is -0.303. The lowest BCUT2D eigenvalue weighted by atomic mass is 9.96. The van der Waals surface area contributed by atoms with E-state index in [-0.39, 0.29) is 17.7 Å². The van der Waals surface area contributed by atoms with Crippen molar-refractivity contribution in [3.05, 3.63) is 59.7 Å². The first-order valence-electron chi connectivity index (χ1n) is 10.6. The van der Waals surface area contributed by atoms with Gasteiger partial charge in [0.05, 0.1) is 6.26 Å². The van der Waals surface area contributed by atoms with Crippen molar-refractivity contribution in [2.24, 2.45) is 5.92 Å². The number of piperidine rings is 1. The van der Waals surface area contributed by atoms with Crippen molar-refractivity contribution in [1.29, 1.82) is 0 Å². The van der Waals surface area contributed by atoms with Crippen molar-refractivity contribution >= 4 is 33.2 Å². The van der Waals surface area contributed by atoms with E-state index in [4.69, 9.17) is 0 Å². The standard InChI is InChI=1S/C23H27N3O4S/c1-31(29,30)25-14-11-17(12-15-25)22(27)24-20-9-10-21-19(16-20)8-5-13-26(21)23(28)18-6-3-2-4-7-18/h2-4,6-7,9-10,16-17H,5,8,11-15H2,1H3,(H,24,27). The number of aryl methyl sites for hydroxylation is 1. The monoisotopic (exact) mass is 441 g/mol. The number of sulfonamides is 1. The van der Waals surface area contributed by atoms with Gasteiger partial charge in [0.2, 0.25) is 15.9 Å². The lowest BCUT2D eigenvalue weighted by molar-refractivity contribution is -0.120. The SMILES string of the molecule is CS(=O)(=O)N1CCC(C(=O)Nc2ccc3c(c2)CCCN3C(=O)c2ccccc2)CC1. The number of hydrogen-bond donors (Lipinski definition) is 1. The molecule has 0 saturated carbocycles. The van der Waals surface area contributed by atoms with Gasteiger partial charge in [0.15, 0.2) is 0 Å². The number of carbonyl (C=O) groups is 2. The Hall–Kier alpha value is -2.71. The highest BCUT2D eigenvalue weighted by molar-refractivity contribution is 7.88. The molecule has 7 nitrogen and oxygen atoms in total. The number of fused-ring (bicyclic) bond motifs is 1. The molecule has 0 atom stereocenters. The van der Waals surface area contributed by atoms with Crippen molar-refractivity contribution < 1.29 is 18.0 Å². The molecule has 2 aromatic rings. The molecule has 2 aromatic carbocycles. The zero-order valence-electron chi connectivity index (χ0n) is 17.6. The highest BCUT2D eigenvalue weighted by Crippen LogP contribution is 2.31. The molecule has 4 rings (SSSR count). The second kappa shape index (κ2) is 8.80. The fourth-order valence-electron chi connectivity index (χ4n) is 4.32. The number of anilines is 2. The quantitative estimate of drug-likeness (QED) is 0.790. The number of hydrogen-bond acceptors (Lipinski definition) is 4. The predicted octanol–water partition coefficient (Wildman–Crippen LogP) is 2.89. The molecular formula is C23H27N3O4S. The maximum atomic E-state index is 12.9. The van der Waals surface area contributed by atoms with E-state index in [1.165, 1.54) is 10.6 Å². The van der Waals surface area contributed by atoms with Crippen LogP contribution in [0.3, 0.4) is 0 Å². The van der Waals surface area contributed by atoms with E-state index in [1.54, 1.807) is 4.90 Å². The van der Waals surface area contributed by atoms with Gasteiger partial charge in [-0.15, -0.1) is 0 Å². The molecule has 1 saturated heterocycles. The van der Waals surface area contributed by atoms with Gasteiger partial charge in [0.25, 0.3) is 5.91 Å². The summed E-state index contributed by atoms with van der Waals surface area (Å²) in [5, 5.41) is 2.98. The summed E-state index contributed by atoms with van der Waals surface area (Å²) in [5.41, 5.74) is 3.30. The summed E-state index contributed by atoms with van der Waals surface area (Å²) in [4.78, 5) is 27.5. The Morgan fingerprint density at radius 1 is 1.00 bits per heavy atom. The Morgan fingerprint density at radius 2 is 1.71 bits per heavy atom. The first-order valence-corrected chi connectivity index (χ1v) is 12.4. The number of rotatable bonds is 4. The van der Waals surface area contributed by atoms with Crippen LogP contribution in [0.4, 0.5) is 11.4 Å². The van der Waals surface area contributed by atoms with Crippen LogP contribution in [0.15, 0.2) is 48.5 Å². The summed E-state index contributed by atoms with van der Waals surface area (Å²) >= 11 is 0. The molecule has 0 aromatic heterocycles. The van der Waals surface area contributed by atoms with Gasteiger partial charge < -0.3 is 10.2 Å². The molecule has 0 unspecified atom stereocenters. The van der Waals surface area contributed by atoms with Gasteiger partial charge in [-0.05, 0) is 61.6 Å². The molecule has 2 aliphatic rings. The molecule has 1 N–H and O–H groups in total. The molecule has 0 aliphatic carbocycles. The van der Waals surface area contributed by atoms with E-state index in [0.717, 1.165) is 24.1 Å². The van der Waals surface area contributed by atoms with Crippen LogP contribution in [-0.2, 0) is 21.2 Å². The topological polar surface area (TPSA) is 86.8 Å². The van der Waals surface area contributed by atoms with Crippen LogP contribution in [0.5, 0.6) is 0 Å². The van der Waals surface area contributed by atoms with Gasteiger partial charge in [-0.1, -0.05) is 18.2 Å². The Kier molecular flexibility index (Phi) is 6.11. The van der Waals surface area contributed by atoms with E-state index in [2.05, 4.69) is 5.32 Å². The van der Waals surface area contributed by atoms with Gasteiger partial charge in [0, 0.05) is 42.5 Å². The first kappa shape index (κ1) is 21.5. The smallest absolute Gasteiger partial charge is 0.258 e. The third-order valence-corrected chi connectivity index (χ3v) is 7.33. The molecule has 8 heteroatoms. The lowest BCUT2D eigenvalue weighted by Gasteiger charge is -2.31. The third kappa shape index (κ3) is 4.80. The second-order valence-corrected chi connectivity index (χ2v) is 10.2. The molecule has 31 heavy (non-hydrogen) atoms. The Morgan fingerprint density at radius 3 is 2.39 bits per heavy atom. The maximum Gasteiger partial charge on any atom is 0.258 e. The van der Waals surface area contributed by atoms with Gasteiger partial charge in [-0.3, -0.25) is 9.59 Å². The third-order valence-electron chi connectivity index (χ3n) is 6.03. The summed E-state index contributed by atoms with van der Waals surface area (Å²) in [6, 6.07) is 14.9. The minimum Gasteiger partial charge on any atom is -0.326 e. The molecule has 0 spiro atoms. The number of benzene rings is 2. The van der Waals surface area contributed by atoms with E-state index in [0.29, 0.717) is 43.7 Å². The fraction of sp³-hybridized carbons (Fsp3) is 0.391. The van der Waals surface area contributed by atoms with Crippen molar-refractivity contribution in [1.82, 2.24) is 4.31 Å². The Labute approximate surface area is 183 Å². The second-order valence-electron chi connectivity index (χ2n) is 8.20. The average molecular weight is 442 g/mol. The largest absolute Gasteiger partial charge is 0.326 e. The van der Waals surface area contributed by atoms with Crippen molar-refractivity contribution in [2.75, 3.05) is 36.1 Å². The number of amides is 2. The van der Waals surface area contributed by atoms with Gasteiger partial charge in [-0.25, -0.2) is 12.7 Å². The zero-order chi connectivity index (χ0) is 22.0. The first-order chi connectivity index (χ1) is 14.8. The van der Waals surface area contributed by atoms with Gasteiger partial charge >= 0.3 is 0 Å². The van der Waals surface area contributed by atoms with Crippen LogP contribution in [0.2, 0.25) is 0 Å². The lowest BCUT2D eigenvalue weighted by Crippen LogP contribution is -2.40. The van der Waals surface area contributed by atoms with Crippen LogP contribution >= 0.6 is 0 Å². The number of nitrogens with one attached hydrogen (secondary N) is 1. The fourth-order valence-corrected chi connectivity index (χ4v) is 5.19. The van der Waals surface area contributed by atoms with Crippen LogP contribution in [0.1, 0.15) is 35.2 Å². The van der Waals surface area contributed by atoms with Crippen molar-refractivity contribution in [3.8, 4) is 0 Å². The highest BCUT2D eigenvalue weighted by atomic mass is 32.2. The van der Waals surface area contributed by atoms with Crippen molar-refractivity contribution in [3.63, 3.8) is 0 Å². The minimum atomic E-state index is -3.21. The number of nitrogens with zero attached hydrogens (tertiary/aromatic N) is 2. The van der Waals surface area contributed by atoms with Crippen molar-refractivity contribution in [2.45, 2.75) is 25.7 Å². The van der Waals surface area contributed by atoms with Crippen LogP contribution in [0, 0.1) is 5.92 Å². The van der Waals surface area contributed by atoms with E-state index < -0.39 is 10.0 Å². The van der Waals surface area contributed by atoms with E-state index >= 15 is 0 Å². The molecule has 0 bridgehead atoms. The normalized spacial score (nSPS) is 17.8. The van der Waals surface area contributed by atoms with Crippen LogP contribution in [0.25, 0.3) is 0 Å². The molecule has 164 valence electrons. The van der Waals surface area contributed by atoms with E-state index in [9.17, 15) is 18.0 Å². The molecule has 2 heterocycles. The molecule has 1 fully saturated rings. The number of carbonyl (C=O) groups excluding carboxylic acids is 2. The Bertz CT molecular complexity index is 1080. The molecule has 0 radical (unpaired) electrons. The summed E-state index contributed by atoms with van der Waals surface area (Å²) in [6.07, 6.45) is 3.95. The van der Waals surface area contributed by atoms with Crippen LogP contribution < -0.4 is 10.2 Å². The van der Waals surface area contributed by atoms with E-state index in [1.807, 2.05) is 48.5 Å². The maximum absolute atomic E-state index is 12.9. The molecular weight excluding hydrogens is 414 g/mol. The zero-order valence-corrected chi connectivity index (χ0v) is 18.4. The predicted molar refractivity (Wildman–Crippen MR) is 121 cm³/mol.